The minimum absolute atomic E-state index is 0.273. The Hall–Kier alpha value is -4.00. The van der Waals surface area contributed by atoms with Gasteiger partial charge < -0.3 is 18.9 Å². The van der Waals surface area contributed by atoms with Crippen LogP contribution >= 0.6 is 0 Å². The molecule has 1 N–H and O–H groups in total. The van der Waals surface area contributed by atoms with Crippen molar-refractivity contribution < 1.29 is 23.7 Å². The van der Waals surface area contributed by atoms with E-state index >= 15 is 0 Å². The largest absolute Gasteiger partial charge is 0.497 e. The van der Waals surface area contributed by atoms with Gasteiger partial charge in [-0.3, -0.25) is 4.79 Å². The highest BCUT2D eigenvalue weighted by atomic mass is 16.5. The fourth-order valence-corrected chi connectivity index (χ4v) is 2.81. The molecular formula is C25H26N2O5. The van der Waals surface area contributed by atoms with E-state index in [0.717, 1.165) is 17.1 Å². The Morgan fingerprint density at radius 2 is 1.56 bits per heavy atom. The number of nitrogens with one attached hydrogen (secondary N) is 1. The van der Waals surface area contributed by atoms with Crippen molar-refractivity contribution in [2.45, 2.75) is 6.42 Å². The lowest BCUT2D eigenvalue weighted by molar-refractivity contribution is 0.0955. The molecule has 7 nitrogen and oxygen atoms in total. The topological polar surface area (TPSA) is 78.4 Å². The summed E-state index contributed by atoms with van der Waals surface area (Å²) in [5.41, 5.74) is 3.82. The third-order valence-electron chi connectivity index (χ3n) is 4.48. The summed E-state index contributed by atoms with van der Waals surface area (Å²) in [6.07, 6.45) is 2.26. The van der Waals surface area contributed by atoms with Crippen LogP contribution in [-0.2, 0) is 0 Å². The van der Waals surface area contributed by atoms with E-state index in [1.807, 2.05) is 42.5 Å². The van der Waals surface area contributed by atoms with Gasteiger partial charge in [-0.2, -0.15) is 5.10 Å². The van der Waals surface area contributed by atoms with Crippen LogP contribution in [-0.4, -0.2) is 39.6 Å². The maximum atomic E-state index is 12.0. The highest BCUT2D eigenvalue weighted by Crippen LogP contribution is 2.27. The SMILES string of the molecule is COc1ccc(OCCCOc2ccc(/C=N\NC(=O)c3ccccc3)cc2OC)cc1. The Bertz CT molecular complexity index is 1020. The van der Waals surface area contributed by atoms with Gasteiger partial charge >= 0.3 is 0 Å². The first kappa shape index (κ1) is 22.7. The highest BCUT2D eigenvalue weighted by Gasteiger charge is 2.06. The Kier molecular flexibility index (Phi) is 8.50. The number of nitrogens with zero attached hydrogens (tertiary/aromatic N) is 1. The van der Waals surface area contributed by atoms with E-state index in [1.54, 1.807) is 50.8 Å². The molecule has 32 heavy (non-hydrogen) atoms. The molecule has 3 aromatic rings. The van der Waals surface area contributed by atoms with E-state index in [0.29, 0.717) is 36.7 Å². The van der Waals surface area contributed by atoms with Crippen molar-refractivity contribution in [3.8, 4) is 23.0 Å². The van der Waals surface area contributed by atoms with Gasteiger partial charge in [0.05, 0.1) is 33.6 Å². The lowest BCUT2D eigenvalue weighted by Gasteiger charge is -2.12. The van der Waals surface area contributed by atoms with Gasteiger partial charge in [-0.05, 0) is 60.2 Å². The summed E-state index contributed by atoms with van der Waals surface area (Å²) in [4.78, 5) is 12.0. The summed E-state index contributed by atoms with van der Waals surface area (Å²) in [5, 5.41) is 4.00. The molecule has 0 aromatic heterocycles. The van der Waals surface area contributed by atoms with Crippen molar-refractivity contribution in [1.29, 1.82) is 0 Å². The third kappa shape index (κ3) is 6.77. The first-order valence-corrected chi connectivity index (χ1v) is 10.2. The van der Waals surface area contributed by atoms with Gasteiger partial charge in [-0.25, -0.2) is 5.43 Å². The van der Waals surface area contributed by atoms with Crippen LogP contribution in [0.5, 0.6) is 23.0 Å². The van der Waals surface area contributed by atoms with Gasteiger partial charge in [0.15, 0.2) is 11.5 Å². The fraction of sp³-hybridized carbons (Fsp3) is 0.200. The lowest BCUT2D eigenvalue weighted by atomic mass is 10.2. The van der Waals surface area contributed by atoms with Crippen LogP contribution in [0, 0.1) is 0 Å². The molecule has 0 saturated carbocycles. The summed E-state index contributed by atoms with van der Waals surface area (Å²) < 4.78 is 22.1. The molecule has 0 bridgehead atoms. The Morgan fingerprint density at radius 3 is 2.28 bits per heavy atom. The third-order valence-corrected chi connectivity index (χ3v) is 4.48. The van der Waals surface area contributed by atoms with Crippen molar-refractivity contribution in [1.82, 2.24) is 5.43 Å². The number of methoxy groups -OCH3 is 2. The zero-order chi connectivity index (χ0) is 22.6. The second-order valence-corrected chi connectivity index (χ2v) is 6.70. The highest BCUT2D eigenvalue weighted by molar-refractivity contribution is 5.94. The smallest absolute Gasteiger partial charge is 0.271 e. The maximum Gasteiger partial charge on any atom is 0.271 e. The summed E-state index contributed by atoms with van der Waals surface area (Å²) in [6.45, 7) is 1.01. The lowest BCUT2D eigenvalue weighted by Crippen LogP contribution is -2.17. The molecule has 7 heteroatoms. The maximum absolute atomic E-state index is 12.0. The van der Waals surface area contributed by atoms with Crippen LogP contribution in [0.1, 0.15) is 22.3 Å². The standard InChI is InChI=1S/C25H26N2O5/c1-29-21-10-12-22(13-11-21)31-15-6-16-32-23-14-9-19(17-24(23)30-2)18-26-27-25(28)20-7-4-3-5-8-20/h3-5,7-14,17-18H,6,15-16H2,1-2H3,(H,27,28)/b26-18-. The molecule has 0 unspecified atom stereocenters. The molecule has 3 aromatic carbocycles. The average Bonchev–Trinajstić information content (AvgIpc) is 2.85. The van der Waals surface area contributed by atoms with Crippen LogP contribution in [0.25, 0.3) is 0 Å². The van der Waals surface area contributed by atoms with Gasteiger partial charge in [0, 0.05) is 12.0 Å². The predicted octanol–water partition coefficient (Wildman–Crippen LogP) is 4.32. The minimum Gasteiger partial charge on any atom is -0.497 e. The van der Waals surface area contributed by atoms with Gasteiger partial charge in [0.2, 0.25) is 0 Å². The molecule has 0 radical (unpaired) electrons. The van der Waals surface area contributed by atoms with E-state index in [4.69, 9.17) is 18.9 Å². The van der Waals surface area contributed by atoms with Crippen LogP contribution in [0.15, 0.2) is 77.9 Å². The predicted molar refractivity (Wildman–Crippen MR) is 123 cm³/mol. The van der Waals surface area contributed by atoms with Crippen molar-refractivity contribution in [2.75, 3.05) is 27.4 Å². The van der Waals surface area contributed by atoms with Crippen LogP contribution < -0.4 is 24.4 Å². The molecule has 3 rings (SSSR count). The minimum atomic E-state index is -0.273. The molecule has 0 aliphatic heterocycles. The molecule has 0 saturated heterocycles. The number of amides is 1. The van der Waals surface area contributed by atoms with Gasteiger partial charge in [-0.15, -0.1) is 0 Å². The Morgan fingerprint density at radius 1 is 0.844 bits per heavy atom. The van der Waals surface area contributed by atoms with Crippen molar-refractivity contribution in [3.63, 3.8) is 0 Å². The molecule has 0 aliphatic carbocycles. The van der Waals surface area contributed by atoms with E-state index in [9.17, 15) is 4.79 Å². The molecule has 0 heterocycles. The van der Waals surface area contributed by atoms with Crippen LogP contribution in [0.3, 0.4) is 0 Å². The quantitative estimate of drug-likeness (QED) is 0.276. The van der Waals surface area contributed by atoms with E-state index in [2.05, 4.69) is 10.5 Å². The monoisotopic (exact) mass is 434 g/mol. The van der Waals surface area contributed by atoms with E-state index in [1.165, 1.54) is 0 Å². The summed E-state index contributed by atoms with van der Waals surface area (Å²) in [7, 11) is 3.21. The number of hydrazone groups is 1. The molecule has 0 aliphatic rings. The summed E-state index contributed by atoms with van der Waals surface area (Å²) in [6, 6.07) is 21.8. The molecular weight excluding hydrogens is 408 g/mol. The second kappa shape index (κ2) is 12.0. The Labute approximate surface area is 187 Å². The number of hydrogen-bond acceptors (Lipinski definition) is 6. The summed E-state index contributed by atoms with van der Waals surface area (Å²) in [5.74, 6) is 2.51. The van der Waals surface area contributed by atoms with E-state index < -0.39 is 0 Å². The molecule has 0 spiro atoms. The number of rotatable bonds is 11. The number of ether oxygens (including phenoxy) is 4. The normalized spacial score (nSPS) is 10.6. The first-order valence-electron chi connectivity index (χ1n) is 10.2. The Balaban J connectivity index is 1.45. The van der Waals surface area contributed by atoms with Crippen molar-refractivity contribution in [2.24, 2.45) is 5.10 Å². The van der Waals surface area contributed by atoms with Gasteiger partial charge in [0.25, 0.3) is 5.91 Å². The number of carbonyl (C=O) groups excluding carboxylic acids is 1. The van der Waals surface area contributed by atoms with Crippen molar-refractivity contribution in [3.05, 3.63) is 83.9 Å². The number of benzene rings is 3. The fourth-order valence-electron chi connectivity index (χ4n) is 2.81. The number of carbonyl (C=O) groups is 1. The molecule has 0 atom stereocenters. The average molecular weight is 434 g/mol. The number of hydrogen-bond donors (Lipinski definition) is 1. The van der Waals surface area contributed by atoms with Crippen LogP contribution in [0.2, 0.25) is 0 Å². The van der Waals surface area contributed by atoms with Gasteiger partial charge in [0.1, 0.15) is 11.5 Å². The van der Waals surface area contributed by atoms with Crippen molar-refractivity contribution >= 4 is 12.1 Å². The zero-order valence-corrected chi connectivity index (χ0v) is 18.1. The second-order valence-electron chi connectivity index (χ2n) is 6.70. The van der Waals surface area contributed by atoms with Crippen LogP contribution in [0.4, 0.5) is 0 Å². The van der Waals surface area contributed by atoms with E-state index in [-0.39, 0.29) is 5.91 Å². The first-order chi connectivity index (χ1) is 15.7. The summed E-state index contributed by atoms with van der Waals surface area (Å²) >= 11 is 0. The molecule has 0 fully saturated rings. The molecule has 166 valence electrons. The zero-order valence-electron chi connectivity index (χ0n) is 18.1. The molecule has 1 amide bonds. The van der Waals surface area contributed by atoms with Gasteiger partial charge in [-0.1, -0.05) is 18.2 Å².